The number of fused-ring (bicyclic) bond motifs is 1. The molecule has 0 fully saturated rings. The Kier molecular flexibility index (Phi) is 2.48. The number of rotatable bonds is 0. The Morgan fingerprint density at radius 2 is 1.36 bits per heavy atom. The molecule has 0 saturated heterocycles. The normalized spacial score (nSPS) is 10.8. The first kappa shape index (κ1) is 9.91. The molecule has 0 N–H and O–H groups in total. The highest BCUT2D eigenvalue weighted by atomic mass is 35.5. The molecule has 2 rings (SSSR count). The molecule has 71 valence electrons. The van der Waals surface area contributed by atoms with Gasteiger partial charge in [-0.3, -0.25) is 5.11 Å². The molecule has 0 unspecified atom stereocenters. The van der Waals surface area contributed by atoms with Crippen LogP contribution >= 0.6 is 34.8 Å². The van der Waals surface area contributed by atoms with E-state index < -0.39 is 0 Å². The SMILES string of the molecule is [O]c1c(Cl)c(Cl)c(Cl)c2ccccc12. The zero-order valence-electron chi connectivity index (χ0n) is 6.85. The molecule has 0 aliphatic carbocycles. The summed E-state index contributed by atoms with van der Waals surface area (Å²) in [5, 5.41) is 13.2. The predicted molar refractivity (Wildman–Crippen MR) is 59.1 cm³/mol. The van der Waals surface area contributed by atoms with Gasteiger partial charge in [0, 0.05) is 10.8 Å². The van der Waals surface area contributed by atoms with E-state index in [-0.39, 0.29) is 15.8 Å². The summed E-state index contributed by atoms with van der Waals surface area (Å²) in [6.45, 7) is 0. The van der Waals surface area contributed by atoms with Crippen molar-refractivity contribution in [1.29, 1.82) is 0 Å². The minimum Gasteiger partial charge on any atom is -0.288 e. The molecule has 0 aliphatic heterocycles. The van der Waals surface area contributed by atoms with Gasteiger partial charge < -0.3 is 0 Å². The van der Waals surface area contributed by atoms with Gasteiger partial charge in [0.15, 0.2) is 0 Å². The van der Waals surface area contributed by atoms with Crippen LogP contribution in [0.25, 0.3) is 10.8 Å². The summed E-state index contributed by atoms with van der Waals surface area (Å²) < 4.78 is 0. The standard InChI is InChI=1S/C10H4Cl3O/c11-7-5-3-1-2-4-6(5)10(14)9(13)8(7)12/h1-4H. The third-order valence-electron chi connectivity index (χ3n) is 1.99. The lowest BCUT2D eigenvalue weighted by Crippen LogP contribution is -1.79. The molecule has 2 aromatic carbocycles. The molecule has 0 bridgehead atoms. The summed E-state index contributed by atoms with van der Waals surface area (Å²) in [6.07, 6.45) is 0. The van der Waals surface area contributed by atoms with Crippen LogP contribution in [0.2, 0.25) is 15.1 Å². The van der Waals surface area contributed by atoms with E-state index in [2.05, 4.69) is 0 Å². The fraction of sp³-hybridized carbons (Fsp3) is 0. The van der Waals surface area contributed by atoms with Gasteiger partial charge >= 0.3 is 0 Å². The monoisotopic (exact) mass is 245 g/mol. The van der Waals surface area contributed by atoms with E-state index in [0.29, 0.717) is 15.8 Å². The van der Waals surface area contributed by atoms with Crippen LogP contribution in [0.15, 0.2) is 24.3 Å². The van der Waals surface area contributed by atoms with E-state index in [9.17, 15) is 5.11 Å². The van der Waals surface area contributed by atoms with Gasteiger partial charge in [0.1, 0.15) is 5.02 Å². The third-order valence-corrected chi connectivity index (χ3v) is 3.32. The Labute approximate surface area is 95.8 Å². The molecule has 0 amide bonds. The van der Waals surface area contributed by atoms with Crippen LogP contribution in [0.3, 0.4) is 0 Å². The van der Waals surface area contributed by atoms with Gasteiger partial charge in [0.25, 0.3) is 0 Å². The minimum absolute atomic E-state index is 0.0182. The minimum atomic E-state index is -0.281. The van der Waals surface area contributed by atoms with Gasteiger partial charge in [-0.05, 0) is 0 Å². The van der Waals surface area contributed by atoms with Crippen LogP contribution in [0.5, 0.6) is 5.75 Å². The Hall–Kier alpha value is -0.630. The van der Waals surface area contributed by atoms with Gasteiger partial charge in [-0.25, -0.2) is 0 Å². The molecule has 1 nitrogen and oxygen atoms in total. The van der Waals surface area contributed by atoms with E-state index in [1.54, 1.807) is 24.3 Å². The molecule has 1 radical (unpaired) electrons. The third kappa shape index (κ3) is 1.33. The van der Waals surface area contributed by atoms with Crippen LogP contribution in [-0.2, 0) is 5.11 Å². The maximum atomic E-state index is 11.6. The molecule has 0 heterocycles. The van der Waals surface area contributed by atoms with Crippen LogP contribution in [-0.4, -0.2) is 0 Å². The molecule has 0 aliphatic rings. The highest BCUT2D eigenvalue weighted by Gasteiger charge is 2.15. The maximum absolute atomic E-state index is 11.6. The second-order valence-corrected chi connectivity index (χ2v) is 3.95. The van der Waals surface area contributed by atoms with E-state index in [1.807, 2.05) is 0 Å². The Morgan fingerprint density at radius 3 is 2.00 bits per heavy atom. The maximum Gasteiger partial charge on any atom is 0.206 e. The summed E-state index contributed by atoms with van der Waals surface area (Å²) >= 11 is 17.5. The molecular formula is C10H4Cl3O. The molecule has 4 heteroatoms. The van der Waals surface area contributed by atoms with E-state index >= 15 is 0 Å². The first-order valence-corrected chi connectivity index (χ1v) is 4.98. The second kappa shape index (κ2) is 3.50. The largest absolute Gasteiger partial charge is 0.288 e. The first-order valence-electron chi connectivity index (χ1n) is 3.85. The number of halogens is 3. The molecule has 0 saturated carbocycles. The number of hydrogen-bond acceptors (Lipinski definition) is 0. The number of benzene rings is 2. The Bertz CT molecular complexity index is 462. The van der Waals surface area contributed by atoms with E-state index in [4.69, 9.17) is 34.8 Å². The predicted octanol–water partition coefficient (Wildman–Crippen LogP) is 4.94. The highest BCUT2D eigenvalue weighted by molar-refractivity contribution is 6.51. The Morgan fingerprint density at radius 1 is 0.786 bits per heavy atom. The van der Waals surface area contributed by atoms with Gasteiger partial charge in [-0.15, -0.1) is 0 Å². The topological polar surface area (TPSA) is 19.9 Å². The van der Waals surface area contributed by atoms with Crippen LogP contribution in [0, 0.1) is 0 Å². The van der Waals surface area contributed by atoms with Crippen molar-refractivity contribution in [2.45, 2.75) is 0 Å². The van der Waals surface area contributed by atoms with Gasteiger partial charge in [-0.2, -0.15) is 0 Å². The van der Waals surface area contributed by atoms with Crippen molar-refractivity contribution < 1.29 is 5.11 Å². The summed E-state index contributed by atoms with van der Waals surface area (Å²) in [5.74, 6) is -0.281. The average molecular weight is 247 g/mol. The van der Waals surface area contributed by atoms with Crippen molar-refractivity contribution in [3.05, 3.63) is 39.3 Å². The summed E-state index contributed by atoms with van der Waals surface area (Å²) in [5.41, 5.74) is 0. The van der Waals surface area contributed by atoms with Gasteiger partial charge in [0.2, 0.25) is 5.75 Å². The lowest BCUT2D eigenvalue weighted by atomic mass is 10.1. The molecule has 0 atom stereocenters. The fourth-order valence-electron chi connectivity index (χ4n) is 1.31. The second-order valence-electron chi connectivity index (χ2n) is 2.82. The lowest BCUT2D eigenvalue weighted by Gasteiger charge is -2.05. The quantitative estimate of drug-likeness (QED) is 0.587. The van der Waals surface area contributed by atoms with Crippen LogP contribution in [0.4, 0.5) is 0 Å². The van der Waals surface area contributed by atoms with E-state index in [1.165, 1.54) is 0 Å². The van der Waals surface area contributed by atoms with Crippen molar-refractivity contribution in [1.82, 2.24) is 0 Å². The zero-order valence-corrected chi connectivity index (χ0v) is 9.12. The average Bonchev–Trinajstić information content (AvgIpc) is 2.23. The van der Waals surface area contributed by atoms with Gasteiger partial charge in [0.05, 0.1) is 10.0 Å². The molecule has 14 heavy (non-hydrogen) atoms. The smallest absolute Gasteiger partial charge is 0.206 e. The van der Waals surface area contributed by atoms with E-state index in [0.717, 1.165) is 0 Å². The summed E-state index contributed by atoms with van der Waals surface area (Å²) in [7, 11) is 0. The Balaban J connectivity index is 3.02. The van der Waals surface area contributed by atoms with Gasteiger partial charge in [-0.1, -0.05) is 59.1 Å². The van der Waals surface area contributed by atoms with Crippen LogP contribution < -0.4 is 0 Å². The van der Waals surface area contributed by atoms with Crippen molar-refractivity contribution in [3.8, 4) is 5.75 Å². The highest BCUT2D eigenvalue weighted by Crippen LogP contribution is 2.44. The zero-order chi connectivity index (χ0) is 10.3. The van der Waals surface area contributed by atoms with Crippen molar-refractivity contribution >= 4 is 45.6 Å². The molecular weight excluding hydrogens is 242 g/mol. The van der Waals surface area contributed by atoms with Crippen molar-refractivity contribution in [2.75, 3.05) is 0 Å². The number of hydrogen-bond donors (Lipinski definition) is 0. The molecule has 0 aromatic heterocycles. The summed E-state index contributed by atoms with van der Waals surface area (Å²) in [4.78, 5) is 0. The molecule has 0 spiro atoms. The lowest BCUT2D eigenvalue weighted by molar-refractivity contribution is 0.360. The van der Waals surface area contributed by atoms with Crippen molar-refractivity contribution in [3.63, 3.8) is 0 Å². The van der Waals surface area contributed by atoms with Crippen LogP contribution in [0.1, 0.15) is 0 Å². The van der Waals surface area contributed by atoms with Crippen molar-refractivity contribution in [2.24, 2.45) is 0 Å². The summed E-state index contributed by atoms with van der Waals surface area (Å²) in [6, 6.07) is 6.95. The fourth-order valence-corrected chi connectivity index (χ4v) is 2.00. The first-order chi connectivity index (χ1) is 6.63. The molecule has 2 aromatic rings.